The number of aromatic amines is 1. The first-order valence-corrected chi connectivity index (χ1v) is 10.9. The van der Waals surface area contributed by atoms with Crippen LogP contribution in [-0.2, 0) is 16.6 Å². The summed E-state index contributed by atoms with van der Waals surface area (Å²) in [6, 6.07) is 7.77. The van der Waals surface area contributed by atoms with E-state index in [4.69, 9.17) is 9.72 Å². The summed E-state index contributed by atoms with van der Waals surface area (Å²) in [6.07, 6.45) is 3.43. The molecule has 1 aliphatic carbocycles. The number of piperidine rings is 1. The van der Waals surface area contributed by atoms with Gasteiger partial charge < -0.3 is 14.5 Å². The maximum Gasteiger partial charge on any atom is 0.255 e. The summed E-state index contributed by atoms with van der Waals surface area (Å²) in [7, 11) is 0. The third-order valence-corrected chi connectivity index (χ3v) is 7.05. The van der Waals surface area contributed by atoms with E-state index in [2.05, 4.69) is 9.88 Å². The Labute approximate surface area is 176 Å². The van der Waals surface area contributed by atoms with E-state index >= 15 is 0 Å². The maximum absolute atomic E-state index is 13.0. The molecule has 0 radical (unpaired) electrons. The van der Waals surface area contributed by atoms with Crippen molar-refractivity contribution in [2.75, 3.05) is 44.3 Å². The summed E-state index contributed by atoms with van der Waals surface area (Å²) in [5, 5.41) is 0. The van der Waals surface area contributed by atoms with Gasteiger partial charge in [0.2, 0.25) is 5.95 Å². The van der Waals surface area contributed by atoms with E-state index in [1.807, 2.05) is 36.1 Å². The lowest BCUT2D eigenvalue weighted by Crippen LogP contribution is -2.45. The van der Waals surface area contributed by atoms with Crippen molar-refractivity contribution in [3.05, 3.63) is 57.0 Å². The number of H-pyrrole nitrogens is 1. The number of ether oxygens (including phenoxy) is 1. The third kappa shape index (κ3) is 3.21. The molecule has 30 heavy (non-hydrogen) atoms. The number of aryl methyl sites for hydroxylation is 1. The molecule has 5 rings (SSSR count). The standard InChI is InChI=1S/C23H28N4O3/c1-16-4-2-3-5-17(16)21(29)26-10-8-23(9-11-26)7-6-18-19(23)24-22(25-20(18)28)27-12-14-30-15-13-27/h2-5H,6-15H2,1H3,(H,24,25,28). The first-order chi connectivity index (χ1) is 14.6. The second-order valence-electron chi connectivity index (χ2n) is 8.70. The van der Waals surface area contributed by atoms with E-state index in [0.717, 1.165) is 61.2 Å². The van der Waals surface area contributed by atoms with Gasteiger partial charge in [-0.2, -0.15) is 0 Å². The Morgan fingerprint density at radius 2 is 1.83 bits per heavy atom. The molecular weight excluding hydrogens is 380 g/mol. The Hall–Kier alpha value is -2.67. The molecule has 0 atom stereocenters. The molecule has 3 aliphatic rings. The lowest BCUT2D eigenvalue weighted by atomic mass is 9.76. The molecule has 1 spiro atoms. The first-order valence-electron chi connectivity index (χ1n) is 10.9. The van der Waals surface area contributed by atoms with Gasteiger partial charge in [0, 0.05) is 42.7 Å². The summed E-state index contributed by atoms with van der Waals surface area (Å²) in [5.74, 6) is 0.774. The van der Waals surface area contributed by atoms with Crippen LogP contribution in [0.2, 0.25) is 0 Å². The summed E-state index contributed by atoms with van der Waals surface area (Å²) >= 11 is 0. The molecule has 7 nitrogen and oxygen atoms in total. The SMILES string of the molecule is Cc1ccccc1C(=O)N1CCC2(CCc3c2nc(N2CCOCC2)[nH]c3=O)CC1. The smallest absolute Gasteiger partial charge is 0.255 e. The Kier molecular flexibility index (Phi) is 4.85. The van der Waals surface area contributed by atoms with Crippen molar-refractivity contribution in [1.82, 2.24) is 14.9 Å². The summed E-state index contributed by atoms with van der Waals surface area (Å²) < 4.78 is 5.43. The molecule has 2 saturated heterocycles. The molecule has 2 fully saturated rings. The van der Waals surface area contributed by atoms with Crippen LogP contribution in [0.1, 0.15) is 46.4 Å². The van der Waals surface area contributed by atoms with Crippen molar-refractivity contribution in [2.24, 2.45) is 0 Å². The normalized spacial score (nSPS) is 20.4. The minimum Gasteiger partial charge on any atom is -0.378 e. The Morgan fingerprint density at radius 1 is 1.10 bits per heavy atom. The summed E-state index contributed by atoms with van der Waals surface area (Å²) in [5.41, 5.74) is 3.51. The van der Waals surface area contributed by atoms with Gasteiger partial charge in [-0.05, 0) is 44.2 Å². The fourth-order valence-electron chi connectivity index (χ4n) is 5.17. The van der Waals surface area contributed by atoms with Crippen LogP contribution in [0.5, 0.6) is 0 Å². The Morgan fingerprint density at radius 3 is 2.57 bits per heavy atom. The molecule has 2 aromatic rings. The van der Waals surface area contributed by atoms with Gasteiger partial charge >= 0.3 is 0 Å². The molecule has 0 saturated carbocycles. The predicted molar refractivity (Wildman–Crippen MR) is 114 cm³/mol. The van der Waals surface area contributed by atoms with E-state index < -0.39 is 0 Å². The topological polar surface area (TPSA) is 78.5 Å². The van der Waals surface area contributed by atoms with Crippen LogP contribution in [0.3, 0.4) is 0 Å². The predicted octanol–water partition coefficient (Wildman–Crippen LogP) is 2.04. The van der Waals surface area contributed by atoms with Gasteiger partial charge in [0.1, 0.15) is 0 Å². The lowest BCUT2D eigenvalue weighted by Gasteiger charge is -2.40. The highest BCUT2D eigenvalue weighted by atomic mass is 16.5. The van der Waals surface area contributed by atoms with Gasteiger partial charge in [0.25, 0.3) is 11.5 Å². The van der Waals surface area contributed by atoms with Gasteiger partial charge in [0.05, 0.1) is 18.9 Å². The molecule has 1 aromatic heterocycles. The number of amides is 1. The fourth-order valence-corrected chi connectivity index (χ4v) is 5.17. The van der Waals surface area contributed by atoms with Crippen molar-refractivity contribution in [1.29, 1.82) is 0 Å². The number of carbonyl (C=O) groups excluding carboxylic acids is 1. The molecule has 3 heterocycles. The van der Waals surface area contributed by atoms with E-state index in [-0.39, 0.29) is 16.9 Å². The highest BCUT2D eigenvalue weighted by molar-refractivity contribution is 5.95. The molecule has 158 valence electrons. The van der Waals surface area contributed by atoms with Crippen LogP contribution in [0, 0.1) is 6.92 Å². The zero-order chi connectivity index (χ0) is 20.7. The van der Waals surface area contributed by atoms with Crippen LogP contribution in [0.15, 0.2) is 29.1 Å². The fraction of sp³-hybridized carbons (Fsp3) is 0.522. The maximum atomic E-state index is 13.0. The highest BCUT2D eigenvalue weighted by Gasteiger charge is 2.45. The van der Waals surface area contributed by atoms with E-state index in [0.29, 0.717) is 32.3 Å². The minimum atomic E-state index is -0.0901. The number of hydrogen-bond donors (Lipinski definition) is 1. The molecule has 1 N–H and O–H groups in total. The number of nitrogens with zero attached hydrogens (tertiary/aromatic N) is 3. The molecule has 0 unspecified atom stereocenters. The molecule has 1 amide bonds. The number of carbonyl (C=O) groups is 1. The average Bonchev–Trinajstić information content (AvgIpc) is 3.13. The van der Waals surface area contributed by atoms with E-state index in [1.165, 1.54) is 0 Å². The molecule has 7 heteroatoms. The van der Waals surface area contributed by atoms with Gasteiger partial charge in [-0.25, -0.2) is 4.98 Å². The Bertz CT molecular complexity index is 1020. The van der Waals surface area contributed by atoms with Crippen LogP contribution < -0.4 is 10.5 Å². The minimum absolute atomic E-state index is 0.00298. The van der Waals surface area contributed by atoms with Gasteiger partial charge in [0.15, 0.2) is 0 Å². The van der Waals surface area contributed by atoms with Crippen molar-refractivity contribution >= 4 is 11.9 Å². The zero-order valence-corrected chi connectivity index (χ0v) is 17.4. The van der Waals surface area contributed by atoms with E-state index in [1.54, 1.807) is 0 Å². The number of rotatable bonds is 2. The second-order valence-corrected chi connectivity index (χ2v) is 8.70. The molecule has 2 aliphatic heterocycles. The summed E-state index contributed by atoms with van der Waals surface area (Å²) in [4.78, 5) is 37.8. The van der Waals surface area contributed by atoms with Crippen LogP contribution in [-0.4, -0.2) is 60.2 Å². The summed E-state index contributed by atoms with van der Waals surface area (Å²) in [6.45, 7) is 6.18. The number of fused-ring (bicyclic) bond motifs is 2. The molecule has 1 aromatic carbocycles. The van der Waals surface area contributed by atoms with Crippen molar-refractivity contribution in [3.63, 3.8) is 0 Å². The number of morpholine rings is 1. The first kappa shape index (κ1) is 19.3. The number of likely N-dealkylation sites (tertiary alicyclic amines) is 1. The van der Waals surface area contributed by atoms with Crippen molar-refractivity contribution in [2.45, 2.75) is 38.0 Å². The van der Waals surface area contributed by atoms with Crippen molar-refractivity contribution in [3.8, 4) is 0 Å². The van der Waals surface area contributed by atoms with Crippen LogP contribution >= 0.6 is 0 Å². The van der Waals surface area contributed by atoms with Crippen molar-refractivity contribution < 1.29 is 9.53 Å². The zero-order valence-electron chi connectivity index (χ0n) is 17.4. The largest absolute Gasteiger partial charge is 0.378 e. The van der Waals surface area contributed by atoms with Crippen LogP contribution in [0.4, 0.5) is 5.95 Å². The monoisotopic (exact) mass is 408 g/mol. The Balaban J connectivity index is 1.38. The second kappa shape index (κ2) is 7.54. The third-order valence-electron chi connectivity index (χ3n) is 7.05. The number of nitrogens with one attached hydrogen (secondary N) is 1. The van der Waals surface area contributed by atoms with Gasteiger partial charge in [-0.1, -0.05) is 18.2 Å². The number of hydrogen-bond acceptors (Lipinski definition) is 5. The molecular formula is C23H28N4O3. The average molecular weight is 409 g/mol. The molecule has 0 bridgehead atoms. The quantitative estimate of drug-likeness (QED) is 0.823. The lowest BCUT2D eigenvalue weighted by molar-refractivity contribution is 0.0663. The van der Waals surface area contributed by atoms with Crippen LogP contribution in [0.25, 0.3) is 0 Å². The van der Waals surface area contributed by atoms with Gasteiger partial charge in [-0.3, -0.25) is 14.6 Å². The number of benzene rings is 1. The van der Waals surface area contributed by atoms with E-state index in [9.17, 15) is 9.59 Å². The number of aromatic nitrogens is 2. The van der Waals surface area contributed by atoms with Gasteiger partial charge in [-0.15, -0.1) is 0 Å². The highest BCUT2D eigenvalue weighted by Crippen LogP contribution is 2.44. The number of anilines is 1.